The maximum Gasteiger partial charge on any atom is 0.337 e. The molecule has 1 unspecified atom stereocenters. The van der Waals surface area contributed by atoms with Crippen molar-refractivity contribution in [3.63, 3.8) is 0 Å². The molecule has 9 nitrogen and oxygen atoms in total. The number of hydrogen-bond acceptors (Lipinski definition) is 9. The van der Waals surface area contributed by atoms with Crippen LogP contribution in [-0.4, -0.2) is 71.1 Å². The maximum absolute atomic E-state index is 13.3. The Morgan fingerprint density at radius 3 is 2.57 bits per heavy atom. The third kappa shape index (κ3) is 4.79. The number of fused-ring (bicyclic) bond motifs is 1. The lowest BCUT2D eigenvalue weighted by atomic mass is 10.2. The Bertz CT molecular complexity index is 1210. The van der Waals surface area contributed by atoms with Gasteiger partial charge < -0.3 is 24.0 Å². The van der Waals surface area contributed by atoms with Crippen molar-refractivity contribution in [1.82, 2.24) is 4.98 Å². The van der Waals surface area contributed by atoms with Gasteiger partial charge in [0, 0.05) is 32.8 Å². The largest absolute Gasteiger partial charge is 0.465 e. The average Bonchev–Trinajstić information content (AvgIpc) is 3.56. The highest BCUT2D eigenvalue weighted by atomic mass is 35.5. The smallest absolute Gasteiger partial charge is 0.337 e. The van der Waals surface area contributed by atoms with Crippen molar-refractivity contribution in [3.05, 3.63) is 34.9 Å². The summed E-state index contributed by atoms with van der Waals surface area (Å²) in [5, 5.41) is 0.146. The van der Waals surface area contributed by atoms with Crippen molar-refractivity contribution in [3.8, 4) is 11.6 Å². The second kappa shape index (κ2) is 9.83. The van der Waals surface area contributed by atoms with E-state index < -0.39 is 15.8 Å². The SMILES string of the molecule is COC(=O)c1ccc(Oc2nc(N3CCCC3)c(Cl)c3c2N(CC2CCCO2)CCS3(=O)=O)cc1. The van der Waals surface area contributed by atoms with Gasteiger partial charge in [0.1, 0.15) is 21.4 Å². The van der Waals surface area contributed by atoms with E-state index in [4.69, 9.17) is 30.8 Å². The number of aromatic nitrogens is 1. The Kier molecular flexibility index (Phi) is 6.78. The van der Waals surface area contributed by atoms with E-state index in [1.165, 1.54) is 7.11 Å². The van der Waals surface area contributed by atoms with Gasteiger partial charge in [0.25, 0.3) is 0 Å². The fourth-order valence-corrected chi connectivity index (χ4v) is 6.97. The number of rotatable bonds is 6. The lowest BCUT2D eigenvalue weighted by Crippen LogP contribution is -2.40. The highest BCUT2D eigenvalue weighted by Crippen LogP contribution is 2.47. The van der Waals surface area contributed by atoms with Crippen molar-refractivity contribution in [1.29, 1.82) is 0 Å². The first-order valence-electron chi connectivity index (χ1n) is 11.8. The summed E-state index contributed by atoms with van der Waals surface area (Å²) >= 11 is 6.77. The summed E-state index contributed by atoms with van der Waals surface area (Å²) in [4.78, 5) is 20.6. The van der Waals surface area contributed by atoms with Crippen LogP contribution < -0.4 is 14.5 Å². The average molecular weight is 522 g/mol. The molecule has 4 heterocycles. The Balaban J connectivity index is 1.60. The van der Waals surface area contributed by atoms with Crippen LogP contribution in [0.25, 0.3) is 0 Å². The number of nitrogens with zero attached hydrogens (tertiary/aromatic N) is 3. The Labute approximate surface area is 209 Å². The number of esters is 1. The van der Waals surface area contributed by atoms with Crippen LogP contribution >= 0.6 is 11.6 Å². The summed E-state index contributed by atoms with van der Waals surface area (Å²) < 4.78 is 43.4. The van der Waals surface area contributed by atoms with E-state index in [0.717, 1.165) is 38.8 Å². The molecule has 1 atom stereocenters. The maximum atomic E-state index is 13.3. The molecule has 0 bridgehead atoms. The molecular formula is C24H28ClN3O6S. The molecule has 1 aromatic heterocycles. The fraction of sp³-hybridized carbons (Fsp3) is 0.500. The Morgan fingerprint density at radius 2 is 1.91 bits per heavy atom. The highest BCUT2D eigenvalue weighted by Gasteiger charge is 2.39. The molecular weight excluding hydrogens is 494 g/mol. The van der Waals surface area contributed by atoms with Crippen LogP contribution in [-0.2, 0) is 19.3 Å². The monoisotopic (exact) mass is 521 g/mol. The van der Waals surface area contributed by atoms with Crippen molar-refractivity contribution in [2.75, 3.05) is 55.4 Å². The van der Waals surface area contributed by atoms with E-state index in [1.807, 2.05) is 9.80 Å². The van der Waals surface area contributed by atoms with E-state index in [9.17, 15) is 13.2 Å². The van der Waals surface area contributed by atoms with E-state index in [-0.39, 0.29) is 27.7 Å². The number of sulfone groups is 1. The van der Waals surface area contributed by atoms with Gasteiger partial charge in [-0.25, -0.2) is 13.2 Å². The van der Waals surface area contributed by atoms with Crippen LogP contribution in [0.5, 0.6) is 11.6 Å². The van der Waals surface area contributed by atoms with E-state index >= 15 is 0 Å². The Hall–Kier alpha value is -2.56. The standard InChI is InChI=1S/C24H28ClN3O6S/c1-32-24(29)16-6-8-17(9-7-16)34-23-20-21(19(25)22(26-23)27-10-2-3-11-27)35(30,31)14-12-28(20)15-18-5-4-13-33-18/h6-9,18H,2-5,10-15H2,1H3. The van der Waals surface area contributed by atoms with Crippen molar-refractivity contribution < 1.29 is 27.4 Å². The van der Waals surface area contributed by atoms with Gasteiger partial charge in [0.15, 0.2) is 15.7 Å². The first-order chi connectivity index (χ1) is 16.9. The zero-order valence-electron chi connectivity index (χ0n) is 19.5. The molecule has 0 radical (unpaired) electrons. The number of carbonyl (C=O) groups excluding carboxylic acids is 1. The number of ether oxygens (including phenoxy) is 3. The third-order valence-corrected chi connectivity index (χ3v) is 8.83. The van der Waals surface area contributed by atoms with Gasteiger partial charge in [0.2, 0.25) is 5.88 Å². The number of pyridine rings is 1. The van der Waals surface area contributed by atoms with Crippen LogP contribution in [0.2, 0.25) is 5.02 Å². The van der Waals surface area contributed by atoms with Gasteiger partial charge in [-0.15, -0.1) is 0 Å². The quantitative estimate of drug-likeness (QED) is 0.527. The van der Waals surface area contributed by atoms with Crippen LogP contribution in [0, 0.1) is 0 Å². The molecule has 3 aliphatic rings. The van der Waals surface area contributed by atoms with Crippen LogP contribution in [0.3, 0.4) is 0 Å². The topological polar surface area (TPSA) is 98.3 Å². The summed E-state index contributed by atoms with van der Waals surface area (Å²) in [7, 11) is -2.33. The number of methoxy groups -OCH3 is 1. The molecule has 188 valence electrons. The van der Waals surface area contributed by atoms with Crippen LogP contribution in [0.1, 0.15) is 36.0 Å². The van der Waals surface area contributed by atoms with Gasteiger partial charge in [-0.1, -0.05) is 11.6 Å². The number of benzene rings is 1. The normalized spacial score (nSPS) is 21.1. The molecule has 1 aromatic carbocycles. The fourth-order valence-electron chi connectivity index (χ4n) is 4.82. The molecule has 2 fully saturated rings. The highest BCUT2D eigenvalue weighted by molar-refractivity contribution is 7.91. The second-order valence-electron chi connectivity index (χ2n) is 8.94. The van der Waals surface area contributed by atoms with Gasteiger partial charge in [-0.2, -0.15) is 4.98 Å². The van der Waals surface area contributed by atoms with Crippen molar-refractivity contribution in [2.24, 2.45) is 0 Å². The lowest BCUT2D eigenvalue weighted by Gasteiger charge is -2.35. The molecule has 0 N–H and O–H groups in total. The molecule has 0 saturated carbocycles. The number of halogens is 1. The van der Waals surface area contributed by atoms with Gasteiger partial charge in [0.05, 0.1) is 24.5 Å². The van der Waals surface area contributed by atoms with Crippen LogP contribution in [0.4, 0.5) is 11.5 Å². The molecule has 35 heavy (non-hydrogen) atoms. The summed E-state index contributed by atoms with van der Waals surface area (Å²) in [6.45, 7) is 3.03. The number of carbonyl (C=O) groups is 1. The molecule has 2 saturated heterocycles. The third-order valence-electron chi connectivity index (χ3n) is 6.62. The Morgan fingerprint density at radius 1 is 1.17 bits per heavy atom. The molecule has 11 heteroatoms. The van der Waals surface area contributed by atoms with Gasteiger partial charge >= 0.3 is 5.97 Å². The first-order valence-corrected chi connectivity index (χ1v) is 13.8. The van der Waals surface area contributed by atoms with Gasteiger partial charge in [-0.3, -0.25) is 0 Å². The van der Waals surface area contributed by atoms with Crippen molar-refractivity contribution >= 4 is 38.9 Å². The predicted octanol–water partition coefficient (Wildman–Crippen LogP) is 3.69. The molecule has 0 aliphatic carbocycles. The first kappa shape index (κ1) is 24.1. The number of anilines is 2. The summed E-state index contributed by atoms with van der Waals surface area (Å²) in [6, 6.07) is 6.44. The van der Waals surface area contributed by atoms with Crippen LogP contribution in [0.15, 0.2) is 29.2 Å². The number of hydrogen-bond donors (Lipinski definition) is 0. The minimum atomic E-state index is -3.65. The van der Waals surface area contributed by atoms with E-state index in [1.54, 1.807) is 24.3 Å². The zero-order valence-corrected chi connectivity index (χ0v) is 21.1. The molecule has 5 rings (SSSR count). The molecule has 0 spiro atoms. The molecule has 2 aromatic rings. The molecule has 0 amide bonds. The molecule has 3 aliphatic heterocycles. The van der Waals surface area contributed by atoms with E-state index in [2.05, 4.69) is 0 Å². The van der Waals surface area contributed by atoms with E-state index in [0.29, 0.717) is 42.5 Å². The lowest BCUT2D eigenvalue weighted by molar-refractivity contribution is 0.0600. The van der Waals surface area contributed by atoms with Gasteiger partial charge in [-0.05, 0) is 49.9 Å². The summed E-state index contributed by atoms with van der Waals surface area (Å²) in [6.07, 6.45) is 3.87. The minimum Gasteiger partial charge on any atom is -0.465 e. The second-order valence-corrected chi connectivity index (χ2v) is 11.4. The van der Waals surface area contributed by atoms with Crippen molar-refractivity contribution in [2.45, 2.75) is 36.7 Å². The summed E-state index contributed by atoms with van der Waals surface area (Å²) in [5.74, 6) is 0.527. The predicted molar refractivity (Wildman–Crippen MR) is 132 cm³/mol. The summed E-state index contributed by atoms with van der Waals surface area (Å²) in [5.41, 5.74) is 0.753. The minimum absolute atomic E-state index is 0.00729. The zero-order chi connectivity index (χ0) is 24.6.